The molecule has 2 atom stereocenters. The monoisotopic (exact) mass is 257 g/mol. The van der Waals surface area contributed by atoms with Gasteiger partial charge in [-0.3, -0.25) is 0 Å². The summed E-state index contributed by atoms with van der Waals surface area (Å²) in [6.07, 6.45) is 1.98. The predicted molar refractivity (Wildman–Crippen MR) is 70.8 cm³/mol. The van der Waals surface area contributed by atoms with E-state index in [-0.39, 0.29) is 17.9 Å². The van der Waals surface area contributed by atoms with Crippen LogP contribution in [0.3, 0.4) is 0 Å². The second kappa shape index (κ2) is 6.66. The fourth-order valence-corrected chi connectivity index (χ4v) is 2.11. The molecule has 1 aromatic rings. The second-order valence-electron chi connectivity index (χ2n) is 3.73. The molecule has 96 valence electrons. The van der Waals surface area contributed by atoms with E-state index < -0.39 is 0 Å². The number of aliphatic hydroxyl groups is 1. The third-order valence-electron chi connectivity index (χ3n) is 2.44. The van der Waals surface area contributed by atoms with Gasteiger partial charge in [0, 0.05) is 17.4 Å². The van der Waals surface area contributed by atoms with Crippen molar-refractivity contribution in [1.29, 1.82) is 0 Å². The van der Waals surface area contributed by atoms with E-state index in [1.165, 1.54) is 0 Å². The number of aromatic nitrogens is 2. The number of nitrogens with one attached hydrogen (secondary N) is 1. The smallest absolute Gasteiger partial charge is 0.218 e. The summed E-state index contributed by atoms with van der Waals surface area (Å²) >= 11 is 1.62. The quantitative estimate of drug-likeness (QED) is 0.801. The van der Waals surface area contributed by atoms with Crippen molar-refractivity contribution in [2.24, 2.45) is 0 Å². The Balaban J connectivity index is 2.76. The molecule has 2 unspecified atom stereocenters. The standard InChI is InChI=1S/C11H19N3O2S/c1-7(9(6-15)17-4)12-10-5-11(16-3)14-8(2)13-10/h5,7,9,15H,6H2,1-4H3,(H,12,13,14). The Labute approximate surface area is 106 Å². The Morgan fingerprint density at radius 1 is 1.53 bits per heavy atom. The van der Waals surface area contributed by atoms with Gasteiger partial charge in [0.2, 0.25) is 5.88 Å². The van der Waals surface area contributed by atoms with Crippen LogP contribution in [-0.4, -0.2) is 46.3 Å². The number of aliphatic hydroxyl groups excluding tert-OH is 1. The zero-order valence-corrected chi connectivity index (χ0v) is 11.4. The van der Waals surface area contributed by atoms with E-state index in [0.29, 0.717) is 17.5 Å². The molecule has 0 fully saturated rings. The first-order valence-corrected chi connectivity index (χ1v) is 6.69. The molecule has 0 saturated heterocycles. The van der Waals surface area contributed by atoms with Crippen molar-refractivity contribution in [1.82, 2.24) is 9.97 Å². The minimum absolute atomic E-state index is 0.119. The molecule has 0 bridgehead atoms. The lowest BCUT2D eigenvalue weighted by atomic mass is 10.2. The third-order valence-corrected chi connectivity index (χ3v) is 3.60. The first-order valence-electron chi connectivity index (χ1n) is 5.40. The molecule has 0 aliphatic rings. The van der Waals surface area contributed by atoms with E-state index in [1.807, 2.05) is 20.1 Å². The molecule has 1 rings (SSSR count). The van der Waals surface area contributed by atoms with Gasteiger partial charge in [0.1, 0.15) is 11.6 Å². The number of rotatable bonds is 6. The van der Waals surface area contributed by atoms with Gasteiger partial charge in [0.15, 0.2) is 0 Å². The lowest BCUT2D eigenvalue weighted by Gasteiger charge is -2.22. The maximum atomic E-state index is 9.21. The van der Waals surface area contributed by atoms with Crippen molar-refractivity contribution in [3.63, 3.8) is 0 Å². The Kier molecular flexibility index (Phi) is 5.50. The molecular weight excluding hydrogens is 238 g/mol. The van der Waals surface area contributed by atoms with Gasteiger partial charge in [-0.25, -0.2) is 4.98 Å². The summed E-state index contributed by atoms with van der Waals surface area (Å²) < 4.78 is 5.08. The molecule has 1 aromatic heterocycles. The van der Waals surface area contributed by atoms with Crippen LogP contribution < -0.4 is 10.1 Å². The van der Waals surface area contributed by atoms with Gasteiger partial charge >= 0.3 is 0 Å². The largest absolute Gasteiger partial charge is 0.481 e. The molecule has 5 nitrogen and oxygen atoms in total. The fraction of sp³-hybridized carbons (Fsp3) is 0.636. The van der Waals surface area contributed by atoms with Crippen LogP contribution >= 0.6 is 11.8 Å². The summed E-state index contributed by atoms with van der Waals surface area (Å²) in [5.41, 5.74) is 0. The first kappa shape index (κ1) is 14.1. The van der Waals surface area contributed by atoms with Gasteiger partial charge in [-0.2, -0.15) is 16.7 Å². The van der Waals surface area contributed by atoms with Crippen molar-refractivity contribution in [3.05, 3.63) is 11.9 Å². The highest BCUT2D eigenvalue weighted by Crippen LogP contribution is 2.17. The zero-order chi connectivity index (χ0) is 12.8. The third kappa shape index (κ3) is 4.05. The van der Waals surface area contributed by atoms with Crippen LogP contribution in [0.2, 0.25) is 0 Å². The normalized spacial score (nSPS) is 14.2. The molecule has 17 heavy (non-hydrogen) atoms. The van der Waals surface area contributed by atoms with Crippen molar-refractivity contribution in [2.45, 2.75) is 25.1 Å². The van der Waals surface area contributed by atoms with E-state index >= 15 is 0 Å². The highest BCUT2D eigenvalue weighted by atomic mass is 32.2. The van der Waals surface area contributed by atoms with Crippen LogP contribution in [0.5, 0.6) is 5.88 Å². The maximum Gasteiger partial charge on any atom is 0.218 e. The molecule has 2 N–H and O–H groups in total. The van der Waals surface area contributed by atoms with E-state index in [1.54, 1.807) is 24.9 Å². The van der Waals surface area contributed by atoms with Gasteiger partial charge in [-0.1, -0.05) is 0 Å². The summed E-state index contributed by atoms with van der Waals surface area (Å²) in [5, 5.41) is 12.6. The molecule has 0 spiro atoms. The molecule has 0 radical (unpaired) electrons. The fourth-order valence-electron chi connectivity index (χ4n) is 1.48. The summed E-state index contributed by atoms with van der Waals surface area (Å²) in [5.74, 6) is 1.91. The molecule has 0 amide bonds. The van der Waals surface area contributed by atoms with Crippen molar-refractivity contribution >= 4 is 17.6 Å². The van der Waals surface area contributed by atoms with Crippen LogP contribution in [0.1, 0.15) is 12.7 Å². The minimum atomic E-state index is 0.119. The predicted octanol–water partition coefficient (Wildman–Crippen LogP) is 1.32. The number of aryl methyl sites for hydroxylation is 1. The molecule has 0 aromatic carbocycles. The number of hydrogen-bond acceptors (Lipinski definition) is 6. The number of anilines is 1. The number of methoxy groups -OCH3 is 1. The molecule has 0 aliphatic heterocycles. The van der Waals surface area contributed by atoms with Gasteiger partial charge in [-0.05, 0) is 20.1 Å². The lowest BCUT2D eigenvalue weighted by Crippen LogP contribution is -2.31. The molecular formula is C11H19N3O2S. The van der Waals surface area contributed by atoms with Crippen molar-refractivity contribution in [3.8, 4) is 5.88 Å². The zero-order valence-electron chi connectivity index (χ0n) is 10.6. The number of hydrogen-bond donors (Lipinski definition) is 2. The first-order chi connectivity index (χ1) is 8.10. The Morgan fingerprint density at radius 3 is 2.76 bits per heavy atom. The van der Waals surface area contributed by atoms with Crippen LogP contribution in [-0.2, 0) is 0 Å². The highest BCUT2D eigenvalue weighted by molar-refractivity contribution is 7.99. The van der Waals surface area contributed by atoms with Gasteiger partial charge in [0.25, 0.3) is 0 Å². The van der Waals surface area contributed by atoms with E-state index in [4.69, 9.17) is 4.74 Å². The second-order valence-corrected chi connectivity index (χ2v) is 4.81. The highest BCUT2D eigenvalue weighted by Gasteiger charge is 2.15. The van der Waals surface area contributed by atoms with Crippen LogP contribution in [0.4, 0.5) is 5.82 Å². The van der Waals surface area contributed by atoms with Crippen molar-refractivity contribution in [2.75, 3.05) is 25.3 Å². The van der Waals surface area contributed by atoms with E-state index in [0.717, 1.165) is 0 Å². The lowest BCUT2D eigenvalue weighted by molar-refractivity contribution is 0.288. The van der Waals surface area contributed by atoms with E-state index in [9.17, 15) is 5.11 Å². The van der Waals surface area contributed by atoms with Crippen molar-refractivity contribution < 1.29 is 9.84 Å². The van der Waals surface area contributed by atoms with E-state index in [2.05, 4.69) is 15.3 Å². The Bertz CT molecular complexity index is 359. The molecule has 1 heterocycles. The SMILES string of the molecule is COc1cc(NC(C)C(CO)SC)nc(C)n1. The number of thioether (sulfide) groups is 1. The molecule has 0 saturated carbocycles. The topological polar surface area (TPSA) is 67.3 Å². The van der Waals surface area contributed by atoms with Gasteiger partial charge in [0.05, 0.1) is 13.7 Å². The summed E-state index contributed by atoms with van der Waals surface area (Å²) in [4.78, 5) is 8.40. The van der Waals surface area contributed by atoms with Crippen LogP contribution in [0.25, 0.3) is 0 Å². The minimum Gasteiger partial charge on any atom is -0.481 e. The van der Waals surface area contributed by atoms with Gasteiger partial charge < -0.3 is 15.2 Å². The number of nitrogens with zero attached hydrogens (tertiary/aromatic N) is 2. The Hall–Kier alpha value is -1.01. The Morgan fingerprint density at radius 2 is 2.24 bits per heavy atom. The average molecular weight is 257 g/mol. The van der Waals surface area contributed by atoms with Gasteiger partial charge in [-0.15, -0.1) is 0 Å². The summed E-state index contributed by atoms with van der Waals surface area (Å²) in [6, 6.07) is 1.87. The number of ether oxygens (including phenoxy) is 1. The molecule has 0 aliphatic carbocycles. The summed E-state index contributed by atoms with van der Waals surface area (Å²) in [6.45, 7) is 3.97. The van der Waals surface area contributed by atoms with Crippen LogP contribution in [0.15, 0.2) is 6.07 Å². The average Bonchev–Trinajstić information content (AvgIpc) is 2.29. The summed E-state index contributed by atoms with van der Waals surface area (Å²) in [7, 11) is 1.58. The molecule has 6 heteroatoms. The van der Waals surface area contributed by atoms with Crippen LogP contribution in [0, 0.1) is 6.92 Å². The maximum absolute atomic E-state index is 9.21.